The van der Waals surface area contributed by atoms with Crippen LogP contribution in [0.15, 0.2) is 0 Å². The molecule has 4 nitrogen and oxygen atoms in total. The van der Waals surface area contributed by atoms with E-state index in [-0.39, 0.29) is 23.6 Å². The van der Waals surface area contributed by atoms with Crippen molar-refractivity contribution in [3.05, 3.63) is 0 Å². The van der Waals surface area contributed by atoms with Gasteiger partial charge in [0, 0.05) is 6.42 Å². The summed E-state index contributed by atoms with van der Waals surface area (Å²) >= 11 is 0. The fourth-order valence-electron chi connectivity index (χ4n) is 8.81. The van der Waals surface area contributed by atoms with Crippen molar-refractivity contribution in [2.75, 3.05) is 7.11 Å². The number of carbonyl (C=O) groups is 1. The average molecular weight is 407 g/mol. The molecule has 0 aliphatic heterocycles. The van der Waals surface area contributed by atoms with E-state index in [0.717, 1.165) is 38.0 Å². The van der Waals surface area contributed by atoms with Crippen LogP contribution in [0, 0.1) is 46.3 Å². The first-order chi connectivity index (χ1) is 13.7. The Balaban J connectivity index is 1.53. The number of esters is 1. The van der Waals surface area contributed by atoms with E-state index >= 15 is 0 Å². The van der Waals surface area contributed by atoms with Crippen molar-refractivity contribution in [2.24, 2.45) is 46.3 Å². The largest absolute Gasteiger partial charge is 0.469 e. The molecule has 0 heterocycles. The van der Waals surface area contributed by atoms with E-state index in [1.807, 2.05) is 0 Å². The number of rotatable bonds is 4. The summed E-state index contributed by atoms with van der Waals surface area (Å²) in [6.07, 6.45) is 9.86. The minimum atomic E-state index is -0.246. The van der Waals surface area contributed by atoms with Crippen molar-refractivity contribution >= 4 is 5.97 Å². The number of hydrogen-bond donors (Lipinski definition) is 2. The molecular weight excluding hydrogens is 364 g/mol. The molecule has 4 aliphatic rings. The quantitative estimate of drug-likeness (QED) is 0.671. The van der Waals surface area contributed by atoms with Crippen molar-refractivity contribution in [3.63, 3.8) is 0 Å². The second-order valence-corrected chi connectivity index (χ2v) is 11.5. The third-order valence-corrected chi connectivity index (χ3v) is 10.5. The number of fused-ring (bicyclic) bond motifs is 5. The maximum absolute atomic E-state index is 11.6. The number of carbonyl (C=O) groups excluding carboxylic acids is 1. The Bertz CT molecular complexity index is 620. The van der Waals surface area contributed by atoms with E-state index in [2.05, 4.69) is 20.8 Å². The normalized spacial score (nSPS) is 50.2. The number of aliphatic hydroxyl groups excluding tert-OH is 2. The Morgan fingerprint density at radius 3 is 2.55 bits per heavy atom. The van der Waals surface area contributed by atoms with Gasteiger partial charge in [0.25, 0.3) is 0 Å². The summed E-state index contributed by atoms with van der Waals surface area (Å²) in [5.74, 6) is 3.36. The Morgan fingerprint density at radius 1 is 1.07 bits per heavy atom. The molecule has 0 spiro atoms. The Morgan fingerprint density at radius 2 is 1.83 bits per heavy atom. The van der Waals surface area contributed by atoms with Crippen molar-refractivity contribution < 1.29 is 19.7 Å². The molecule has 0 aromatic rings. The zero-order valence-electron chi connectivity index (χ0n) is 18.9. The monoisotopic (exact) mass is 406 g/mol. The van der Waals surface area contributed by atoms with Crippen LogP contribution in [0.5, 0.6) is 0 Å². The Kier molecular flexibility index (Phi) is 5.83. The molecule has 29 heavy (non-hydrogen) atoms. The van der Waals surface area contributed by atoms with Gasteiger partial charge in [-0.1, -0.05) is 20.8 Å². The van der Waals surface area contributed by atoms with E-state index in [1.54, 1.807) is 0 Å². The summed E-state index contributed by atoms with van der Waals surface area (Å²) in [6.45, 7) is 7.12. The Hall–Kier alpha value is -0.610. The first-order valence-electron chi connectivity index (χ1n) is 12.1. The second-order valence-electron chi connectivity index (χ2n) is 11.5. The van der Waals surface area contributed by atoms with Crippen LogP contribution in [0.2, 0.25) is 0 Å². The van der Waals surface area contributed by atoms with Crippen LogP contribution in [-0.4, -0.2) is 35.5 Å². The van der Waals surface area contributed by atoms with Crippen LogP contribution in [0.3, 0.4) is 0 Å². The molecule has 4 rings (SSSR count). The molecule has 4 saturated carbocycles. The molecule has 4 fully saturated rings. The minimum absolute atomic E-state index is 0.0198. The highest BCUT2D eigenvalue weighted by atomic mass is 16.5. The van der Waals surface area contributed by atoms with Gasteiger partial charge < -0.3 is 14.9 Å². The zero-order chi connectivity index (χ0) is 21.0. The van der Waals surface area contributed by atoms with E-state index in [1.165, 1.54) is 32.8 Å². The number of ether oxygens (including phenoxy) is 1. The van der Waals surface area contributed by atoms with Gasteiger partial charge >= 0.3 is 5.97 Å². The lowest BCUT2D eigenvalue weighted by atomic mass is 9.43. The molecule has 0 aromatic carbocycles. The predicted octanol–water partition coefficient (Wildman–Crippen LogP) is 4.57. The van der Waals surface area contributed by atoms with Gasteiger partial charge in [-0.25, -0.2) is 0 Å². The van der Waals surface area contributed by atoms with Gasteiger partial charge in [-0.15, -0.1) is 0 Å². The molecule has 0 radical (unpaired) electrons. The summed E-state index contributed by atoms with van der Waals surface area (Å²) in [4.78, 5) is 11.6. The lowest BCUT2D eigenvalue weighted by Crippen LogP contribution is -2.58. The molecule has 4 heteroatoms. The molecule has 1 unspecified atom stereocenters. The van der Waals surface area contributed by atoms with E-state index in [0.29, 0.717) is 41.4 Å². The summed E-state index contributed by atoms with van der Waals surface area (Å²) < 4.78 is 4.85. The first kappa shape index (κ1) is 21.6. The molecule has 2 N–H and O–H groups in total. The van der Waals surface area contributed by atoms with Gasteiger partial charge in [0.1, 0.15) is 0 Å². The van der Waals surface area contributed by atoms with Crippen molar-refractivity contribution in [3.8, 4) is 0 Å². The van der Waals surface area contributed by atoms with Crippen LogP contribution in [0.25, 0.3) is 0 Å². The molecule has 0 amide bonds. The highest BCUT2D eigenvalue weighted by molar-refractivity contribution is 5.69. The highest BCUT2D eigenvalue weighted by Crippen LogP contribution is 2.68. The van der Waals surface area contributed by atoms with Crippen molar-refractivity contribution in [2.45, 2.75) is 97.2 Å². The molecule has 0 saturated heterocycles. The standard InChI is InChI=1S/C25H42O4/c1-15(5-10-23(28)29-4)19-8-9-20-18-7-6-16-13-17(26)11-12-24(16,2)21(18)14-22(27)25(19,20)3/h15-22,26-27H,5-14H2,1-4H3/t15?,16-,17-,18+,19-,20+,21+,22+,24+,25-/m1/s1. The van der Waals surface area contributed by atoms with Gasteiger partial charge in [-0.2, -0.15) is 0 Å². The predicted molar refractivity (Wildman–Crippen MR) is 113 cm³/mol. The van der Waals surface area contributed by atoms with Crippen molar-refractivity contribution in [1.82, 2.24) is 0 Å². The average Bonchev–Trinajstić information content (AvgIpc) is 3.06. The fraction of sp³-hybridized carbons (Fsp3) is 0.960. The summed E-state index contributed by atoms with van der Waals surface area (Å²) in [5, 5.41) is 21.8. The van der Waals surface area contributed by atoms with Crippen LogP contribution in [-0.2, 0) is 9.53 Å². The molecule has 166 valence electrons. The third kappa shape index (κ3) is 3.37. The molecule has 0 bridgehead atoms. The summed E-state index contributed by atoms with van der Waals surface area (Å²) in [7, 11) is 1.46. The summed E-state index contributed by atoms with van der Waals surface area (Å²) in [6, 6.07) is 0. The number of hydrogen-bond acceptors (Lipinski definition) is 4. The highest BCUT2D eigenvalue weighted by Gasteiger charge is 2.63. The SMILES string of the molecule is COC(=O)CCC(C)[C@H]1CC[C@H]2[C@@H]3CC[C@@H]4C[C@H](O)CC[C@]4(C)[C@H]3C[C@H](O)[C@]12C. The van der Waals surface area contributed by atoms with Gasteiger partial charge in [0.05, 0.1) is 19.3 Å². The number of aliphatic hydroxyl groups is 2. The Labute approximate surface area is 176 Å². The second kappa shape index (κ2) is 7.82. The fourth-order valence-corrected chi connectivity index (χ4v) is 8.81. The molecule has 4 aliphatic carbocycles. The van der Waals surface area contributed by atoms with Gasteiger partial charge in [-0.3, -0.25) is 4.79 Å². The van der Waals surface area contributed by atoms with Crippen LogP contribution < -0.4 is 0 Å². The zero-order valence-corrected chi connectivity index (χ0v) is 18.9. The van der Waals surface area contributed by atoms with Gasteiger partial charge in [0.15, 0.2) is 0 Å². The first-order valence-corrected chi connectivity index (χ1v) is 12.1. The maximum atomic E-state index is 11.6. The molecule has 10 atom stereocenters. The van der Waals surface area contributed by atoms with E-state index in [4.69, 9.17) is 4.74 Å². The smallest absolute Gasteiger partial charge is 0.305 e. The van der Waals surface area contributed by atoms with E-state index < -0.39 is 0 Å². The third-order valence-electron chi connectivity index (χ3n) is 10.5. The van der Waals surface area contributed by atoms with Crippen LogP contribution in [0.1, 0.15) is 85.0 Å². The minimum Gasteiger partial charge on any atom is -0.469 e. The number of methoxy groups -OCH3 is 1. The molecular formula is C25H42O4. The van der Waals surface area contributed by atoms with Gasteiger partial charge in [-0.05, 0) is 104 Å². The topological polar surface area (TPSA) is 66.8 Å². The lowest BCUT2D eigenvalue weighted by Gasteiger charge is -2.62. The van der Waals surface area contributed by atoms with Crippen LogP contribution in [0.4, 0.5) is 0 Å². The van der Waals surface area contributed by atoms with E-state index in [9.17, 15) is 15.0 Å². The van der Waals surface area contributed by atoms with Gasteiger partial charge in [0.2, 0.25) is 0 Å². The lowest BCUT2D eigenvalue weighted by molar-refractivity contribution is -0.175. The maximum Gasteiger partial charge on any atom is 0.305 e. The summed E-state index contributed by atoms with van der Waals surface area (Å²) in [5.41, 5.74) is 0.271. The van der Waals surface area contributed by atoms with Crippen molar-refractivity contribution in [1.29, 1.82) is 0 Å². The van der Waals surface area contributed by atoms with Crippen LogP contribution >= 0.6 is 0 Å². The molecule has 0 aromatic heterocycles.